The van der Waals surface area contributed by atoms with Crippen LogP contribution in [0, 0.1) is 0 Å². The van der Waals surface area contributed by atoms with E-state index in [0.717, 1.165) is 0 Å². The average molecular weight is 630 g/mol. The number of aromatic nitrogens is 6. The number of amides is 2. The highest BCUT2D eigenvalue weighted by Gasteiger charge is 2.37. The molecule has 212 valence electrons. The quantitative estimate of drug-likeness (QED) is 0.186. The summed E-state index contributed by atoms with van der Waals surface area (Å²) < 4.78 is 25.0. The molecule has 42 heavy (non-hydrogen) atoms. The predicted molar refractivity (Wildman–Crippen MR) is 144 cm³/mol. The van der Waals surface area contributed by atoms with Gasteiger partial charge in [-0.05, 0) is 36.4 Å². The molecule has 18 heteroatoms. The highest BCUT2D eigenvalue weighted by molar-refractivity contribution is 7.33. The van der Waals surface area contributed by atoms with Gasteiger partial charge in [-0.1, -0.05) is 42.7 Å². The number of benzene rings is 2. The Balaban J connectivity index is 0.994. The maximum atomic E-state index is 12.4. The third kappa shape index (κ3) is 5.31. The van der Waals surface area contributed by atoms with Crippen LogP contribution in [0.3, 0.4) is 0 Å². The normalized spacial score (nSPS) is 14.2. The first-order chi connectivity index (χ1) is 20.2. The molecule has 0 radical (unpaired) electrons. The molecule has 2 aliphatic heterocycles. The fourth-order valence-corrected chi connectivity index (χ4v) is 5.23. The second-order valence-electron chi connectivity index (χ2n) is 9.00. The van der Waals surface area contributed by atoms with Crippen LogP contribution in [0.25, 0.3) is 0 Å². The summed E-state index contributed by atoms with van der Waals surface area (Å²) in [5.74, 6) is -2.73. The van der Waals surface area contributed by atoms with E-state index in [1.807, 2.05) is 0 Å². The summed E-state index contributed by atoms with van der Waals surface area (Å²) in [7, 11) is -2.61. The van der Waals surface area contributed by atoms with Gasteiger partial charge in [0, 0.05) is 14.6 Å². The molecule has 15 nitrogen and oxygen atoms in total. The monoisotopic (exact) mass is 629 g/mol. The minimum atomic E-state index is -2.61. The highest BCUT2D eigenvalue weighted by atomic mass is 35.5. The van der Waals surface area contributed by atoms with Crippen LogP contribution in [0.5, 0.6) is 0 Å². The van der Waals surface area contributed by atoms with Crippen LogP contribution in [0.4, 0.5) is 11.4 Å². The summed E-state index contributed by atoms with van der Waals surface area (Å²) in [4.78, 5) is 51.9. The average Bonchev–Trinajstić information content (AvgIpc) is 3.73. The van der Waals surface area contributed by atoms with Gasteiger partial charge in [0.15, 0.2) is 13.5 Å². The van der Waals surface area contributed by atoms with Crippen molar-refractivity contribution in [3.8, 4) is 0 Å². The molecular formula is C24H16Cl2N8O7P+. The molecule has 6 rings (SSSR count). The number of carbonyl (C=O) groups excluding carboxylic acids is 4. The first kappa shape index (κ1) is 27.8. The fourth-order valence-electron chi connectivity index (χ4n) is 4.38. The van der Waals surface area contributed by atoms with Crippen molar-refractivity contribution in [2.45, 2.75) is 26.6 Å². The molecule has 0 aliphatic carbocycles. The summed E-state index contributed by atoms with van der Waals surface area (Å²) in [6.45, 7) is -0.600. The molecule has 0 saturated carbocycles. The highest BCUT2D eigenvalue weighted by Crippen LogP contribution is 2.33. The van der Waals surface area contributed by atoms with Crippen molar-refractivity contribution in [3.05, 3.63) is 81.4 Å². The Bertz CT molecular complexity index is 1680. The number of ketones is 2. The van der Waals surface area contributed by atoms with Gasteiger partial charge in [-0.25, -0.2) is 9.36 Å². The van der Waals surface area contributed by atoms with Gasteiger partial charge >= 0.3 is 8.25 Å². The lowest BCUT2D eigenvalue weighted by Crippen LogP contribution is -2.29. The smallest absolute Gasteiger partial charge is 0.299 e. The summed E-state index contributed by atoms with van der Waals surface area (Å²) in [5.41, 5.74) is 1.99. The number of rotatable bonds is 10. The van der Waals surface area contributed by atoms with Gasteiger partial charge < -0.3 is 0 Å². The predicted octanol–water partition coefficient (Wildman–Crippen LogP) is 2.94. The fraction of sp³-hybridized carbons (Fsp3) is 0.167. The van der Waals surface area contributed by atoms with Gasteiger partial charge in [0.05, 0.1) is 48.0 Å². The Kier molecular flexibility index (Phi) is 7.35. The summed E-state index contributed by atoms with van der Waals surface area (Å²) in [6, 6.07) is 9.18. The number of halogens is 2. The van der Waals surface area contributed by atoms with E-state index in [2.05, 4.69) is 20.6 Å². The van der Waals surface area contributed by atoms with Gasteiger partial charge in [-0.15, -0.1) is 10.2 Å². The van der Waals surface area contributed by atoms with E-state index >= 15 is 0 Å². The topological polar surface area (TPSA) is 172 Å². The van der Waals surface area contributed by atoms with Gasteiger partial charge in [0.25, 0.3) is 23.4 Å². The third-order valence-electron chi connectivity index (χ3n) is 6.27. The first-order valence-corrected chi connectivity index (χ1v) is 13.9. The van der Waals surface area contributed by atoms with E-state index in [-0.39, 0.29) is 37.7 Å². The van der Waals surface area contributed by atoms with Crippen molar-refractivity contribution in [1.82, 2.24) is 30.0 Å². The molecule has 2 aromatic heterocycles. The van der Waals surface area contributed by atoms with Crippen LogP contribution >= 0.6 is 31.5 Å². The van der Waals surface area contributed by atoms with Crippen molar-refractivity contribution in [2.75, 3.05) is 9.80 Å². The van der Waals surface area contributed by atoms with Crippen LogP contribution in [0.15, 0.2) is 48.8 Å². The van der Waals surface area contributed by atoms with E-state index < -0.39 is 31.6 Å². The maximum Gasteiger partial charge on any atom is 0.701 e. The van der Waals surface area contributed by atoms with E-state index in [0.29, 0.717) is 32.8 Å². The molecule has 0 bridgehead atoms. The van der Waals surface area contributed by atoms with E-state index in [9.17, 15) is 23.7 Å². The first-order valence-electron chi connectivity index (χ1n) is 12.0. The van der Waals surface area contributed by atoms with Gasteiger partial charge in [-0.2, -0.15) is 0 Å². The second kappa shape index (κ2) is 11.1. The third-order valence-corrected chi connectivity index (χ3v) is 7.39. The SMILES string of the molecule is O=C1C(=O)N(Cc2cn(CO[P+](=O)OCn3cc(CN4C(=O)C(=O)c5cc(Cl)ccc54)nn3)nn2)c2ccc(Cl)cc21. The minimum Gasteiger partial charge on any atom is -0.299 e. The number of hydrogen-bond donors (Lipinski definition) is 0. The van der Waals surface area contributed by atoms with Gasteiger partial charge in [-0.3, -0.25) is 29.0 Å². The standard InChI is InChI=1S/C24H16Cl2N8O7P/c25-13-1-3-19-17(5-13)21(35)23(37)33(19)9-15-7-31(29-27-15)11-40-42(39)41-12-32-8-16(28-30-32)10-34-20-4-2-14(26)6-18(20)22(36)24(34)38/h1-8H,9-12H2/q+1. The molecule has 0 fully saturated rings. The zero-order valence-corrected chi connectivity index (χ0v) is 23.5. The molecule has 0 N–H and O–H groups in total. The number of hydrogen-bond acceptors (Lipinski definition) is 11. The lowest BCUT2D eigenvalue weighted by molar-refractivity contribution is -0.115. The number of nitrogens with zero attached hydrogens (tertiary/aromatic N) is 8. The molecule has 2 amide bonds. The molecule has 0 atom stereocenters. The van der Waals surface area contributed by atoms with Crippen molar-refractivity contribution >= 4 is 66.2 Å². The van der Waals surface area contributed by atoms with E-state index in [4.69, 9.17) is 32.2 Å². The van der Waals surface area contributed by atoms with Crippen LogP contribution in [0.1, 0.15) is 32.1 Å². The van der Waals surface area contributed by atoms with Crippen molar-refractivity contribution < 1.29 is 32.8 Å². The lowest BCUT2D eigenvalue weighted by Gasteiger charge is -2.14. The van der Waals surface area contributed by atoms with Gasteiger partial charge in [0.1, 0.15) is 11.4 Å². The second-order valence-corrected chi connectivity index (χ2v) is 10.8. The minimum absolute atomic E-state index is 0.0208. The molecule has 0 unspecified atom stereocenters. The Morgan fingerprint density at radius 1 is 0.690 bits per heavy atom. The van der Waals surface area contributed by atoms with Gasteiger partial charge in [0.2, 0.25) is 0 Å². The largest absolute Gasteiger partial charge is 0.701 e. The molecule has 4 heterocycles. The Hall–Kier alpha value is -4.40. The summed E-state index contributed by atoms with van der Waals surface area (Å²) >= 11 is 11.9. The molecule has 0 spiro atoms. The Morgan fingerprint density at radius 3 is 1.55 bits per heavy atom. The molecule has 0 saturated heterocycles. The van der Waals surface area contributed by atoms with Crippen LogP contribution in [-0.2, 0) is 49.8 Å². The Morgan fingerprint density at radius 2 is 1.12 bits per heavy atom. The number of anilines is 2. The van der Waals surface area contributed by atoms with Crippen molar-refractivity contribution in [3.63, 3.8) is 0 Å². The molecular weight excluding hydrogens is 614 g/mol. The van der Waals surface area contributed by atoms with Crippen LogP contribution < -0.4 is 9.80 Å². The number of Topliss-reactive ketones (excluding diaryl/α,β-unsaturated/α-hetero) is 2. The number of fused-ring (bicyclic) bond motifs is 2. The number of carbonyl (C=O) groups is 4. The summed E-state index contributed by atoms with van der Waals surface area (Å²) in [6.07, 6.45) is 2.93. The van der Waals surface area contributed by atoms with Crippen molar-refractivity contribution in [2.24, 2.45) is 0 Å². The van der Waals surface area contributed by atoms with E-state index in [1.54, 1.807) is 24.3 Å². The molecule has 2 aliphatic rings. The lowest BCUT2D eigenvalue weighted by atomic mass is 10.1. The van der Waals surface area contributed by atoms with Crippen molar-refractivity contribution in [1.29, 1.82) is 0 Å². The van der Waals surface area contributed by atoms with Crippen LogP contribution in [-0.4, -0.2) is 53.4 Å². The maximum absolute atomic E-state index is 12.4. The Labute approximate surface area is 246 Å². The zero-order valence-electron chi connectivity index (χ0n) is 21.1. The summed E-state index contributed by atoms with van der Waals surface area (Å²) in [5, 5.41) is 16.3. The van der Waals surface area contributed by atoms with E-state index in [1.165, 1.54) is 43.7 Å². The molecule has 2 aromatic carbocycles. The van der Waals surface area contributed by atoms with Crippen LogP contribution in [0.2, 0.25) is 10.0 Å². The zero-order chi connectivity index (χ0) is 29.5. The molecule has 4 aromatic rings.